The number of hydrogen-bond donors (Lipinski definition) is 1. The molecule has 0 saturated carbocycles. The molecule has 2 unspecified atom stereocenters. The topological polar surface area (TPSA) is 42.1 Å². The second kappa shape index (κ2) is 5.50. The van der Waals surface area contributed by atoms with E-state index in [4.69, 9.17) is 5.73 Å². The highest BCUT2D eigenvalue weighted by molar-refractivity contribution is 5.48. The molecule has 2 atom stereocenters. The number of anilines is 1. The molecule has 0 aliphatic carbocycles. The highest BCUT2D eigenvalue weighted by Crippen LogP contribution is 2.27. The zero-order chi connectivity index (χ0) is 12.3. The number of nitrogens with zero attached hydrogens (tertiary/aromatic N) is 2. The van der Waals surface area contributed by atoms with Crippen molar-refractivity contribution in [1.82, 2.24) is 4.98 Å². The van der Waals surface area contributed by atoms with Gasteiger partial charge in [-0.3, -0.25) is 0 Å². The molecule has 0 radical (unpaired) electrons. The normalized spacial score (nSPS) is 21.8. The van der Waals surface area contributed by atoms with E-state index in [0.29, 0.717) is 6.04 Å². The second-order valence-corrected chi connectivity index (χ2v) is 5.04. The maximum atomic E-state index is 6.06. The molecule has 1 aliphatic rings. The Hall–Kier alpha value is -1.09. The molecule has 0 amide bonds. The van der Waals surface area contributed by atoms with Gasteiger partial charge >= 0.3 is 0 Å². The minimum Gasteiger partial charge on any atom is -0.354 e. The Kier molecular flexibility index (Phi) is 4.00. The lowest BCUT2D eigenvalue weighted by Crippen LogP contribution is -2.30. The van der Waals surface area contributed by atoms with Crippen molar-refractivity contribution in [2.75, 3.05) is 11.4 Å². The lowest BCUT2D eigenvalue weighted by atomic mass is 10.0. The molecular formula is C14H23N3. The van der Waals surface area contributed by atoms with Crippen LogP contribution in [-0.4, -0.2) is 23.6 Å². The smallest absolute Gasteiger partial charge is 0.131 e. The van der Waals surface area contributed by atoms with E-state index in [0.717, 1.165) is 25.2 Å². The zero-order valence-corrected chi connectivity index (χ0v) is 10.9. The third-order valence-corrected chi connectivity index (χ3v) is 3.70. The van der Waals surface area contributed by atoms with Gasteiger partial charge in [-0.05, 0) is 44.2 Å². The molecule has 0 bridgehead atoms. The fourth-order valence-electron chi connectivity index (χ4n) is 2.52. The SMILES string of the molecule is CCC(N)Cc1cccnc1N1CCCC1C. The van der Waals surface area contributed by atoms with Crippen molar-refractivity contribution >= 4 is 5.82 Å². The molecule has 1 saturated heterocycles. The molecule has 1 aromatic heterocycles. The van der Waals surface area contributed by atoms with Gasteiger partial charge in [0.25, 0.3) is 0 Å². The quantitative estimate of drug-likeness (QED) is 0.868. The van der Waals surface area contributed by atoms with Gasteiger partial charge in [0.05, 0.1) is 0 Å². The maximum absolute atomic E-state index is 6.06. The van der Waals surface area contributed by atoms with Crippen molar-refractivity contribution in [3.8, 4) is 0 Å². The molecule has 3 heteroatoms. The molecule has 2 rings (SSSR count). The van der Waals surface area contributed by atoms with Gasteiger partial charge in [0.15, 0.2) is 0 Å². The first-order valence-corrected chi connectivity index (χ1v) is 6.68. The third-order valence-electron chi connectivity index (χ3n) is 3.70. The second-order valence-electron chi connectivity index (χ2n) is 5.04. The number of aromatic nitrogens is 1. The first-order chi connectivity index (χ1) is 8.22. The number of rotatable bonds is 4. The monoisotopic (exact) mass is 233 g/mol. The van der Waals surface area contributed by atoms with Crippen LogP contribution < -0.4 is 10.6 Å². The maximum Gasteiger partial charge on any atom is 0.131 e. The predicted octanol–water partition coefficient (Wildman–Crippen LogP) is 2.35. The van der Waals surface area contributed by atoms with Crippen LogP contribution in [0.5, 0.6) is 0 Å². The van der Waals surface area contributed by atoms with E-state index in [-0.39, 0.29) is 6.04 Å². The van der Waals surface area contributed by atoms with Crippen LogP contribution in [-0.2, 0) is 6.42 Å². The summed E-state index contributed by atoms with van der Waals surface area (Å²) in [5.41, 5.74) is 7.36. The van der Waals surface area contributed by atoms with Crippen molar-refractivity contribution < 1.29 is 0 Å². The van der Waals surface area contributed by atoms with Crippen molar-refractivity contribution in [1.29, 1.82) is 0 Å². The van der Waals surface area contributed by atoms with Crippen LogP contribution in [0.15, 0.2) is 18.3 Å². The standard InChI is InChI=1S/C14H23N3/c1-3-13(15)10-12-7-4-8-16-14(12)17-9-5-6-11(17)2/h4,7-8,11,13H,3,5-6,9-10,15H2,1-2H3. The summed E-state index contributed by atoms with van der Waals surface area (Å²) >= 11 is 0. The van der Waals surface area contributed by atoms with Crippen molar-refractivity contribution in [2.24, 2.45) is 5.73 Å². The molecule has 2 N–H and O–H groups in total. The van der Waals surface area contributed by atoms with Gasteiger partial charge in [-0.1, -0.05) is 13.0 Å². The Morgan fingerprint density at radius 1 is 1.59 bits per heavy atom. The fraction of sp³-hybridized carbons (Fsp3) is 0.643. The van der Waals surface area contributed by atoms with E-state index in [1.165, 1.54) is 18.4 Å². The van der Waals surface area contributed by atoms with Crippen molar-refractivity contribution in [2.45, 2.75) is 51.6 Å². The van der Waals surface area contributed by atoms with Gasteiger partial charge in [0.1, 0.15) is 5.82 Å². The van der Waals surface area contributed by atoms with E-state index in [2.05, 4.69) is 29.8 Å². The molecular weight excluding hydrogens is 210 g/mol. The van der Waals surface area contributed by atoms with Gasteiger partial charge in [-0.15, -0.1) is 0 Å². The van der Waals surface area contributed by atoms with Gasteiger partial charge in [0, 0.05) is 24.8 Å². The fourth-order valence-corrected chi connectivity index (χ4v) is 2.52. The van der Waals surface area contributed by atoms with Crippen LogP contribution in [0.2, 0.25) is 0 Å². The average Bonchev–Trinajstić information content (AvgIpc) is 2.76. The van der Waals surface area contributed by atoms with Gasteiger partial charge in [-0.25, -0.2) is 4.98 Å². The first kappa shape index (κ1) is 12.4. The Bertz CT molecular complexity index is 364. The van der Waals surface area contributed by atoms with Crippen LogP contribution in [0.25, 0.3) is 0 Å². The molecule has 0 aromatic carbocycles. The number of nitrogens with two attached hydrogens (primary N) is 1. The highest BCUT2D eigenvalue weighted by Gasteiger charge is 2.23. The van der Waals surface area contributed by atoms with Crippen LogP contribution in [0.4, 0.5) is 5.82 Å². The van der Waals surface area contributed by atoms with Crippen LogP contribution in [0, 0.1) is 0 Å². The van der Waals surface area contributed by atoms with Gasteiger partial charge in [0.2, 0.25) is 0 Å². The molecule has 1 aromatic rings. The predicted molar refractivity (Wildman–Crippen MR) is 72.2 cm³/mol. The third kappa shape index (κ3) is 2.78. The number of hydrogen-bond acceptors (Lipinski definition) is 3. The molecule has 17 heavy (non-hydrogen) atoms. The largest absolute Gasteiger partial charge is 0.354 e. The lowest BCUT2D eigenvalue weighted by molar-refractivity contribution is 0.640. The average molecular weight is 233 g/mol. The summed E-state index contributed by atoms with van der Waals surface area (Å²) in [5, 5.41) is 0. The van der Waals surface area contributed by atoms with E-state index >= 15 is 0 Å². The molecule has 1 fully saturated rings. The summed E-state index contributed by atoms with van der Waals surface area (Å²) in [4.78, 5) is 7.00. The van der Waals surface area contributed by atoms with Crippen LogP contribution in [0.3, 0.4) is 0 Å². The van der Waals surface area contributed by atoms with Crippen molar-refractivity contribution in [3.05, 3.63) is 23.9 Å². The lowest BCUT2D eigenvalue weighted by Gasteiger charge is -2.25. The zero-order valence-electron chi connectivity index (χ0n) is 10.9. The molecule has 3 nitrogen and oxygen atoms in total. The van der Waals surface area contributed by atoms with E-state index in [9.17, 15) is 0 Å². The van der Waals surface area contributed by atoms with Crippen LogP contribution >= 0.6 is 0 Å². The summed E-state index contributed by atoms with van der Waals surface area (Å²) in [6.45, 7) is 5.55. The Labute approximate surface area is 104 Å². The molecule has 94 valence electrons. The first-order valence-electron chi connectivity index (χ1n) is 6.68. The summed E-state index contributed by atoms with van der Waals surface area (Å²) in [6.07, 6.45) is 6.39. The summed E-state index contributed by atoms with van der Waals surface area (Å²) in [6, 6.07) is 5.04. The van der Waals surface area contributed by atoms with E-state index in [1.807, 2.05) is 12.3 Å². The summed E-state index contributed by atoms with van der Waals surface area (Å²) in [7, 11) is 0. The molecule has 1 aliphatic heterocycles. The van der Waals surface area contributed by atoms with E-state index in [1.54, 1.807) is 0 Å². The minimum absolute atomic E-state index is 0.246. The van der Waals surface area contributed by atoms with Gasteiger partial charge in [-0.2, -0.15) is 0 Å². The number of pyridine rings is 1. The summed E-state index contributed by atoms with van der Waals surface area (Å²) < 4.78 is 0. The summed E-state index contributed by atoms with van der Waals surface area (Å²) in [5.74, 6) is 1.15. The Morgan fingerprint density at radius 3 is 3.06 bits per heavy atom. The van der Waals surface area contributed by atoms with Crippen molar-refractivity contribution in [3.63, 3.8) is 0 Å². The Morgan fingerprint density at radius 2 is 2.41 bits per heavy atom. The minimum atomic E-state index is 0.246. The van der Waals surface area contributed by atoms with E-state index < -0.39 is 0 Å². The van der Waals surface area contributed by atoms with Crippen LogP contribution in [0.1, 0.15) is 38.7 Å². The highest BCUT2D eigenvalue weighted by atomic mass is 15.2. The molecule has 2 heterocycles. The van der Waals surface area contributed by atoms with Gasteiger partial charge < -0.3 is 10.6 Å². The molecule has 0 spiro atoms. The Balaban J connectivity index is 2.21.